The van der Waals surface area contributed by atoms with Gasteiger partial charge in [0.2, 0.25) is 5.95 Å². The van der Waals surface area contributed by atoms with E-state index in [9.17, 15) is 24.0 Å². The number of aliphatic hydroxyl groups excluding tert-OH is 1. The van der Waals surface area contributed by atoms with Gasteiger partial charge in [-0.3, -0.25) is 22.7 Å². The van der Waals surface area contributed by atoms with Crippen LogP contribution in [0.15, 0.2) is 19.0 Å². The number of rotatable bonds is 2. The molecule has 24 heteroatoms. The fourth-order valence-electron chi connectivity index (χ4n) is 5.83. The molecule has 2 aliphatic heterocycles. The Morgan fingerprint density at radius 3 is 2.29 bits per heavy atom. The molecule has 6 heterocycles. The van der Waals surface area contributed by atoms with Gasteiger partial charge in [-0.25, -0.2) is 33.5 Å². The lowest BCUT2D eigenvalue weighted by molar-refractivity contribution is -0.0592. The highest BCUT2D eigenvalue weighted by molar-refractivity contribution is 7.47. The van der Waals surface area contributed by atoms with Crippen LogP contribution in [0.4, 0.5) is 22.0 Å². The number of hydrogen-bond acceptors (Lipinski definition) is 17. The second-order valence-electron chi connectivity index (χ2n) is 10.6. The summed E-state index contributed by atoms with van der Waals surface area (Å²) >= 11 is 0. The third-order valence-corrected chi connectivity index (χ3v) is 9.82. The summed E-state index contributed by atoms with van der Waals surface area (Å²) in [5.74, 6) is -1.20. The molecule has 4 aromatic heterocycles. The van der Waals surface area contributed by atoms with Gasteiger partial charge in [-0.1, -0.05) is 0 Å². The van der Waals surface area contributed by atoms with E-state index in [1.165, 1.54) is 17.2 Å². The Bertz CT molecular complexity index is 1880. The predicted octanol–water partition coefficient (Wildman–Crippen LogP) is -0.412. The van der Waals surface area contributed by atoms with Crippen LogP contribution in [0.1, 0.15) is 18.7 Å². The Morgan fingerprint density at radius 1 is 0.867 bits per heavy atom. The maximum atomic E-state index is 15.9. The molecule has 0 aromatic carbocycles. The van der Waals surface area contributed by atoms with E-state index in [-0.39, 0.29) is 46.3 Å². The van der Waals surface area contributed by atoms with Gasteiger partial charge < -0.3 is 41.4 Å². The van der Waals surface area contributed by atoms with Crippen molar-refractivity contribution < 1.29 is 51.2 Å². The normalized spacial score (nSPS) is 37.7. The lowest BCUT2D eigenvalue weighted by atomic mass is 10.1. The number of aliphatic hydroxyl groups is 1. The Labute approximate surface area is 250 Å². The molecule has 242 valence electrons. The van der Waals surface area contributed by atoms with E-state index in [1.807, 2.05) is 0 Å². The van der Waals surface area contributed by atoms with Crippen molar-refractivity contribution >= 4 is 55.6 Å². The number of aromatic nitrogens is 8. The molecule has 0 amide bonds. The second kappa shape index (κ2) is 10.8. The minimum absolute atomic E-state index is 0.00794. The van der Waals surface area contributed by atoms with Gasteiger partial charge in [-0.2, -0.15) is 9.97 Å². The summed E-state index contributed by atoms with van der Waals surface area (Å²) < 4.78 is 71.4. The van der Waals surface area contributed by atoms with Gasteiger partial charge in [0.1, 0.15) is 41.8 Å². The zero-order valence-corrected chi connectivity index (χ0v) is 24.5. The minimum Gasteiger partial charge on any atom is -0.388 e. The standard InChI is InChI=1S/C21H26FN11O10P2/c22-10-15-9(41-20(10)33-6-29-12-17(24)30-21(25)31-19(12)33)3-40-45(37,38)42-14-7(2-39-44(35,36)43-15)1-8(13(14)34)32-5-28-11-16(23)26-4-27-18(11)32/h4-10,13-15,20,34H,1-3H2,(H,35,36)(H,37,38)(H2,23,26,27)(H4,24,25,30,31). The van der Waals surface area contributed by atoms with Crippen LogP contribution in [0.25, 0.3) is 22.3 Å². The van der Waals surface area contributed by atoms with Crippen LogP contribution >= 0.6 is 15.6 Å². The number of fused-ring (bicyclic) bond motifs is 4. The van der Waals surface area contributed by atoms with Crippen LogP contribution in [-0.4, -0.2) is 97.7 Å². The van der Waals surface area contributed by atoms with E-state index < -0.39 is 77.6 Å². The van der Waals surface area contributed by atoms with Gasteiger partial charge in [0.15, 0.2) is 35.3 Å². The topological polar surface area (TPSA) is 306 Å². The van der Waals surface area contributed by atoms with Crippen LogP contribution in [0, 0.1) is 5.92 Å². The monoisotopic (exact) mass is 673 g/mol. The first-order chi connectivity index (χ1) is 21.3. The van der Waals surface area contributed by atoms with Crippen molar-refractivity contribution in [2.75, 3.05) is 30.4 Å². The van der Waals surface area contributed by atoms with Crippen molar-refractivity contribution in [1.82, 2.24) is 39.0 Å². The molecule has 2 saturated heterocycles. The highest BCUT2D eigenvalue weighted by Crippen LogP contribution is 2.55. The number of anilines is 3. The summed E-state index contributed by atoms with van der Waals surface area (Å²) in [6, 6.07) is -0.859. The summed E-state index contributed by atoms with van der Waals surface area (Å²) in [7, 11) is -10.0. The van der Waals surface area contributed by atoms with Crippen LogP contribution in [0.5, 0.6) is 0 Å². The lowest BCUT2D eigenvalue weighted by Gasteiger charge is -2.28. The molecule has 7 rings (SSSR count). The lowest BCUT2D eigenvalue weighted by Crippen LogP contribution is -2.36. The van der Waals surface area contributed by atoms with E-state index in [0.29, 0.717) is 0 Å². The Hall–Kier alpha value is -3.43. The number of alkyl halides is 1. The Kier molecular flexibility index (Phi) is 7.28. The molecule has 0 spiro atoms. The summed E-state index contributed by atoms with van der Waals surface area (Å²) in [4.78, 5) is 45.3. The highest BCUT2D eigenvalue weighted by Gasteiger charge is 2.54. The van der Waals surface area contributed by atoms with Crippen LogP contribution in [0.2, 0.25) is 0 Å². The smallest absolute Gasteiger partial charge is 0.388 e. The molecule has 3 fully saturated rings. The maximum absolute atomic E-state index is 15.9. The van der Waals surface area contributed by atoms with Crippen molar-refractivity contribution in [3.63, 3.8) is 0 Å². The van der Waals surface area contributed by atoms with Gasteiger partial charge in [0.25, 0.3) is 0 Å². The zero-order valence-electron chi connectivity index (χ0n) is 22.8. The van der Waals surface area contributed by atoms with E-state index >= 15 is 4.39 Å². The van der Waals surface area contributed by atoms with E-state index in [4.69, 9.17) is 40.0 Å². The van der Waals surface area contributed by atoms with Crippen LogP contribution in [-0.2, 0) is 32.0 Å². The largest absolute Gasteiger partial charge is 0.472 e. The summed E-state index contributed by atoms with van der Waals surface area (Å²) in [5, 5.41) is 11.2. The first-order valence-corrected chi connectivity index (χ1v) is 16.3. The molecule has 1 aliphatic carbocycles. The predicted molar refractivity (Wildman–Crippen MR) is 147 cm³/mol. The summed E-state index contributed by atoms with van der Waals surface area (Å²) in [5.41, 5.74) is 18.0. The quantitative estimate of drug-likeness (QED) is 0.147. The third-order valence-electron chi connectivity index (χ3n) is 7.85. The molecule has 10 atom stereocenters. The van der Waals surface area contributed by atoms with Crippen molar-refractivity contribution in [3.8, 4) is 0 Å². The van der Waals surface area contributed by atoms with E-state index in [1.54, 1.807) is 0 Å². The molecular weight excluding hydrogens is 647 g/mol. The van der Waals surface area contributed by atoms with Gasteiger partial charge in [-0.05, 0) is 6.42 Å². The van der Waals surface area contributed by atoms with E-state index in [0.717, 1.165) is 10.9 Å². The molecule has 9 N–H and O–H groups in total. The van der Waals surface area contributed by atoms with Gasteiger partial charge in [0.05, 0.1) is 31.9 Å². The molecule has 45 heavy (non-hydrogen) atoms. The highest BCUT2D eigenvalue weighted by atomic mass is 31.2. The number of nitrogens with two attached hydrogens (primary N) is 3. The second-order valence-corrected chi connectivity index (χ2v) is 13.4. The average Bonchev–Trinajstić information content (AvgIpc) is 3.72. The number of hydrogen-bond donors (Lipinski definition) is 6. The van der Waals surface area contributed by atoms with Gasteiger partial charge in [0, 0.05) is 5.92 Å². The Morgan fingerprint density at radius 2 is 1.53 bits per heavy atom. The maximum Gasteiger partial charge on any atom is 0.472 e. The average molecular weight is 673 g/mol. The molecule has 0 radical (unpaired) electrons. The number of nitrogen functional groups attached to an aromatic ring is 3. The van der Waals surface area contributed by atoms with Crippen molar-refractivity contribution in [3.05, 3.63) is 19.0 Å². The fraction of sp³-hybridized carbons (Fsp3) is 0.524. The number of nitrogens with zero attached hydrogens (tertiary/aromatic N) is 8. The fourth-order valence-corrected chi connectivity index (χ4v) is 7.83. The summed E-state index contributed by atoms with van der Waals surface area (Å²) in [6.07, 6.45) is -6.42. The molecule has 1 saturated carbocycles. The number of imidazole rings is 2. The first kappa shape index (κ1) is 30.2. The molecule has 10 unspecified atom stereocenters. The first-order valence-electron chi connectivity index (χ1n) is 13.3. The van der Waals surface area contributed by atoms with Crippen molar-refractivity contribution in [2.24, 2.45) is 5.92 Å². The number of phosphoric acid groups is 2. The molecule has 4 aromatic rings. The van der Waals surface area contributed by atoms with Gasteiger partial charge >= 0.3 is 15.6 Å². The van der Waals surface area contributed by atoms with Crippen LogP contribution in [0.3, 0.4) is 0 Å². The minimum atomic E-state index is -5.03. The number of ether oxygens (including phenoxy) is 1. The zero-order chi connectivity index (χ0) is 31.8. The summed E-state index contributed by atoms with van der Waals surface area (Å²) in [6.45, 7) is -1.46. The SMILES string of the molecule is Nc1nc(N)c2ncn(C3OC4COP(=O)(O)OC5C(COP(=O)(O)OC4C3F)CC(n3cnc4c(N)ncnc43)C5O)c2n1. The van der Waals surface area contributed by atoms with Crippen molar-refractivity contribution in [1.29, 1.82) is 0 Å². The molecule has 21 nitrogen and oxygen atoms in total. The number of halogens is 1. The van der Waals surface area contributed by atoms with E-state index in [2.05, 4.69) is 29.9 Å². The third kappa shape index (κ3) is 5.31. The molecule has 3 aliphatic rings. The van der Waals surface area contributed by atoms with Gasteiger partial charge in [-0.15, -0.1) is 0 Å². The Balaban J connectivity index is 1.17. The molecule has 0 bridgehead atoms. The molecular formula is C21H26FN11O10P2. The van der Waals surface area contributed by atoms with Crippen LogP contribution < -0.4 is 17.2 Å². The van der Waals surface area contributed by atoms with Crippen molar-refractivity contribution in [2.45, 2.75) is 49.3 Å². The number of phosphoric ester groups is 2.